The number of hydrogen-bond donors (Lipinski definition) is 1. The van der Waals surface area contributed by atoms with Crippen LogP contribution in [-0.2, 0) is 16.4 Å². The van der Waals surface area contributed by atoms with Gasteiger partial charge in [-0.2, -0.15) is 0 Å². The summed E-state index contributed by atoms with van der Waals surface area (Å²) in [6.45, 7) is 0.306. The van der Waals surface area contributed by atoms with Crippen molar-refractivity contribution in [2.75, 3.05) is 13.4 Å². The molecule has 0 fully saturated rings. The molecule has 0 aliphatic carbocycles. The fourth-order valence-electron chi connectivity index (χ4n) is 2.00. The van der Waals surface area contributed by atoms with Gasteiger partial charge in [0, 0.05) is 12.8 Å². The second kappa shape index (κ2) is 6.62. The van der Waals surface area contributed by atoms with E-state index in [-0.39, 0.29) is 10.5 Å². The molecule has 5 nitrogen and oxygen atoms in total. The van der Waals surface area contributed by atoms with E-state index in [9.17, 15) is 13.2 Å². The van der Waals surface area contributed by atoms with Crippen LogP contribution in [0.15, 0.2) is 53.4 Å². The minimum Gasteiger partial charge on any atom is -0.497 e. The molecule has 0 saturated heterocycles. The Morgan fingerprint density at radius 1 is 1.09 bits per heavy atom. The van der Waals surface area contributed by atoms with E-state index in [1.807, 2.05) is 12.1 Å². The maximum Gasteiger partial charge on any atom is 0.252 e. The van der Waals surface area contributed by atoms with Crippen molar-refractivity contribution < 1.29 is 17.9 Å². The lowest BCUT2D eigenvalue weighted by molar-refractivity contribution is 0.0947. The van der Waals surface area contributed by atoms with Gasteiger partial charge in [0.25, 0.3) is 5.91 Å². The fourth-order valence-corrected chi connectivity index (χ4v) is 2.88. The number of ether oxygens (including phenoxy) is 1. The molecule has 2 aromatic rings. The molecule has 0 spiro atoms. The van der Waals surface area contributed by atoms with E-state index in [4.69, 9.17) is 4.74 Å². The summed E-state index contributed by atoms with van der Waals surface area (Å²) in [5, 5.41) is 2.72. The number of carbonyl (C=O) groups is 1. The number of nitrogens with one attached hydrogen (secondary N) is 1. The molecular weight excluding hydrogens is 302 g/mol. The average molecular weight is 319 g/mol. The van der Waals surface area contributed by atoms with Gasteiger partial charge in [0.2, 0.25) is 0 Å². The summed E-state index contributed by atoms with van der Waals surface area (Å²) >= 11 is 0. The van der Waals surface area contributed by atoms with Gasteiger partial charge in [0.1, 0.15) is 5.75 Å². The van der Waals surface area contributed by atoms with Gasteiger partial charge in [0.05, 0.1) is 17.6 Å². The van der Waals surface area contributed by atoms with Gasteiger partial charge in [-0.05, 0) is 29.8 Å². The molecule has 0 radical (unpaired) electrons. The van der Waals surface area contributed by atoms with Crippen molar-refractivity contribution >= 4 is 15.7 Å². The van der Waals surface area contributed by atoms with Crippen LogP contribution in [0.3, 0.4) is 0 Å². The summed E-state index contributed by atoms with van der Waals surface area (Å²) < 4.78 is 28.5. The van der Waals surface area contributed by atoms with Gasteiger partial charge in [0.15, 0.2) is 9.84 Å². The van der Waals surface area contributed by atoms with E-state index in [1.54, 1.807) is 31.4 Å². The zero-order valence-electron chi connectivity index (χ0n) is 12.4. The van der Waals surface area contributed by atoms with Crippen LogP contribution in [0.5, 0.6) is 5.75 Å². The molecule has 2 rings (SSSR count). The molecule has 2 aromatic carbocycles. The highest BCUT2D eigenvalue weighted by Crippen LogP contribution is 2.16. The summed E-state index contributed by atoms with van der Waals surface area (Å²) in [5.74, 6) is 0.314. The molecule has 22 heavy (non-hydrogen) atoms. The summed E-state index contributed by atoms with van der Waals surface area (Å²) in [6.07, 6.45) is 1.09. The third-order valence-corrected chi connectivity index (χ3v) is 4.30. The maximum atomic E-state index is 12.2. The molecule has 0 aliphatic heterocycles. The van der Waals surface area contributed by atoms with Crippen molar-refractivity contribution in [3.05, 3.63) is 59.7 Å². The van der Waals surface area contributed by atoms with E-state index >= 15 is 0 Å². The number of rotatable bonds is 5. The number of methoxy groups -OCH3 is 1. The second-order valence-corrected chi connectivity index (χ2v) is 6.78. The fraction of sp³-hybridized carbons (Fsp3) is 0.188. The molecule has 0 bridgehead atoms. The van der Waals surface area contributed by atoms with Crippen molar-refractivity contribution in [3.63, 3.8) is 0 Å². The minimum absolute atomic E-state index is 0.0298. The topological polar surface area (TPSA) is 72.5 Å². The van der Waals surface area contributed by atoms with Gasteiger partial charge in [-0.15, -0.1) is 0 Å². The highest BCUT2D eigenvalue weighted by molar-refractivity contribution is 7.90. The van der Waals surface area contributed by atoms with Crippen molar-refractivity contribution in [3.8, 4) is 5.75 Å². The van der Waals surface area contributed by atoms with Crippen LogP contribution >= 0.6 is 0 Å². The second-order valence-electron chi connectivity index (χ2n) is 4.80. The molecule has 0 atom stereocenters. The lowest BCUT2D eigenvalue weighted by Gasteiger charge is -2.09. The predicted molar refractivity (Wildman–Crippen MR) is 83.7 cm³/mol. The van der Waals surface area contributed by atoms with E-state index in [0.29, 0.717) is 6.54 Å². The largest absolute Gasteiger partial charge is 0.497 e. The lowest BCUT2D eigenvalue weighted by Crippen LogP contribution is -2.24. The molecule has 0 saturated carbocycles. The highest BCUT2D eigenvalue weighted by Gasteiger charge is 2.17. The average Bonchev–Trinajstić information content (AvgIpc) is 2.52. The van der Waals surface area contributed by atoms with Crippen LogP contribution < -0.4 is 10.1 Å². The smallest absolute Gasteiger partial charge is 0.252 e. The first-order valence-corrected chi connectivity index (χ1v) is 8.51. The molecule has 0 aliphatic rings. The molecular formula is C16H17NO4S. The normalized spacial score (nSPS) is 11.0. The maximum absolute atomic E-state index is 12.2. The molecule has 0 unspecified atom stereocenters. The summed E-state index contributed by atoms with van der Waals surface area (Å²) in [7, 11) is -1.87. The monoisotopic (exact) mass is 319 g/mol. The molecule has 116 valence electrons. The first kappa shape index (κ1) is 16.0. The Morgan fingerprint density at radius 3 is 2.32 bits per heavy atom. The zero-order valence-corrected chi connectivity index (χ0v) is 13.2. The molecule has 6 heteroatoms. The SMILES string of the molecule is COc1ccc(CNC(=O)c2ccccc2S(C)(=O)=O)cc1. The van der Waals surface area contributed by atoms with Gasteiger partial charge < -0.3 is 10.1 Å². The van der Waals surface area contributed by atoms with E-state index in [1.165, 1.54) is 12.1 Å². The Morgan fingerprint density at radius 2 is 1.73 bits per heavy atom. The highest BCUT2D eigenvalue weighted by atomic mass is 32.2. The molecule has 1 amide bonds. The number of hydrogen-bond acceptors (Lipinski definition) is 4. The van der Waals surface area contributed by atoms with Crippen molar-refractivity contribution in [1.29, 1.82) is 0 Å². The Labute approximate surface area is 129 Å². The first-order chi connectivity index (χ1) is 10.4. The van der Waals surface area contributed by atoms with Crippen LogP contribution in [0.4, 0.5) is 0 Å². The summed E-state index contributed by atoms with van der Waals surface area (Å²) in [4.78, 5) is 12.2. The van der Waals surface area contributed by atoms with Crippen LogP contribution in [0.2, 0.25) is 0 Å². The third kappa shape index (κ3) is 3.85. The van der Waals surface area contributed by atoms with Crippen LogP contribution in [0.25, 0.3) is 0 Å². The minimum atomic E-state index is -3.45. The van der Waals surface area contributed by atoms with Gasteiger partial charge in [-0.1, -0.05) is 24.3 Å². The van der Waals surface area contributed by atoms with Gasteiger partial charge >= 0.3 is 0 Å². The van der Waals surface area contributed by atoms with E-state index in [0.717, 1.165) is 17.6 Å². The van der Waals surface area contributed by atoms with Crippen molar-refractivity contribution in [1.82, 2.24) is 5.32 Å². The molecule has 0 aromatic heterocycles. The quantitative estimate of drug-likeness (QED) is 0.915. The number of amides is 1. The van der Waals surface area contributed by atoms with E-state index in [2.05, 4.69) is 5.32 Å². The number of carbonyl (C=O) groups excluding carboxylic acids is 1. The van der Waals surface area contributed by atoms with E-state index < -0.39 is 15.7 Å². The number of sulfone groups is 1. The molecule has 0 heterocycles. The Balaban J connectivity index is 2.13. The first-order valence-electron chi connectivity index (χ1n) is 6.62. The van der Waals surface area contributed by atoms with Crippen molar-refractivity contribution in [2.24, 2.45) is 0 Å². The Bertz CT molecular complexity index is 767. The Hall–Kier alpha value is -2.34. The Kier molecular flexibility index (Phi) is 4.82. The summed E-state index contributed by atoms with van der Waals surface area (Å²) in [6, 6.07) is 13.4. The number of benzene rings is 2. The molecule has 1 N–H and O–H groups in total. The van der Waals surface area contributed by atoms with Gasteiger partial charge in [-0.25, -0.2) is 8.42 Å². The van der Waals surface area contributed by atoms with Gasteiger partial charge in [-0.3, -0.25) is 4.79 Å². The van der Waals surface area contributed by atoms with Crippen LogP contribution in [0, 0.1) is 0 Å². The third-order valence-electron chi connectivity index (χ3n) is 3.14. The zero-order chi connectivity index (χ0) is 16.2. The van der Waals surface area contributed by atoms with Crippen molar-refractivity contribution in [2.45, 2.75) is 11.4 Å². The summed E-state index contributed by atoms with van der Waals surface area (Å²) in [5.41, 5.74) is 1.05. The van der Waals surface area contributed by atoms with Crippen LogP contribution in [-0.4, -0.2) is 27.7 Å². The lowest BCUT2D eigenvalue weighted by atomic mass is 10.2. The predicted octanol–water partition coefficient (Wildman–Crippen LogP) is 2.03. The van der Waals surface area contributed by atoms with Crippen LogP contribution in [0.1, 0.15) is 15.9 Å². The standard InChI is InChI=1S/C16H17NO4S/c1-21-13-9-7-12(8-10-13)11-17-16(18)14-5-3-4-6-15(14)22(2,19)20/h3-10H,11H2,1-2H3,(H,17,18).